The van der Waals surface area contributed by atoms with Gasteiger partial charge in [-0.2, -0.15) is 0 Å². The highest BCUT2D eigenvalue weighted by Crippen LogP contribution is 2.15. The van der Waals surface area contributed by atoms with Crippen LogP contribution in [0, 0.1) is 29.6 Å². The molecular weight excluding hydrogens is 236 g/mol. The van der Waals surface area contributed by atoms with Crippen molar-refractivity contribution in [1.82, 2.24) is 0 Å². The molecular formula is C17H12O2. The van der Waals surface area contributed by atoms with Crippen molar-refractivity contribution in [2.24, 2.45) is 5.92 Å². The molecule has 1 aromatic rings. The molecule has 1 N–H and O–H groups in total. The normalized spacial score (nSPS) is 16.4. The SMILES string of the molecule is O=C(O)C1C=CC(C#CC#Cc2ccccc2)=CC1. The summed E-state index contributed by atoms with van der Waals surface area (Å²) in [5.41, 5.74) is 1.75. The molecule has 0 radical (unpaired) electrons. The van der Waals surface area contributed by atoms with Crippen LogP contribution in [0.3, 0.4) is 0 Å². The van der Waals surface area contributed by atoms with Gasteiger partial charge in [-0.1, -0.05) is 42.2 Å². The second-order valence-electron chi connectivity index (χ2n) is 4.07. The summed E-state index contributed by atoms with van der Waals surface area (Å²) < 4.78 is 0. The van der Waals surface area contributed by atoms with E-state index in [1.807, 2.05) is 36.4 Å². The molecule has 1 unspecified atom stereocenters. The van der Waals surface area contributed by atoms with Crippen LogP contribution >= 0.6 is 0 Å². The molecule has 1 aromatic carbocycles. The number of hydrogen-bond donors (Lipinski definition) is 1. The maximum absolute atomic E-state index is 10.7. The van der Waals surface area contributed by atoms with Crippen LogP contribution in [0.1, 0.15) is 12.0 Å². The monoisotopic (exact) mass is 248 g/mol. The lowest BCUT2D eigenvalue weighted by Crippen LogP contribution is -2.11. The number of aliphatic carboxylic acids is 1. The average Bonchev–Trinajstić information content (AvgIpc) is 2.45. The number of carboxylic acids is 1. The summed E-state index contributed by atoms with van der Waals surface area (Å²) in [7, 11) is 0. The molecule has 19 heavy (non-hydrogen) atoms. The fourth-order valence-corrected chi connectivity index (χ4v) is 1.62. The Morgan fingerprint density at radius 2 is 1.89 bits per heavy atom. The van der Waals surface area contributed by atoms with E-state index in [0.29, 0.717) is 6.42 Å². The molecule has 0 aliphatic heterocycles. The van der Waals surface area contributed by atoms with E-state index in [-0.39, 0.29) is 0 Å². The third-order valence-corrected chi connectivity index (χ3v) is 2.67. The van der Waals surface area contributed by atoms with Gasteiger partial charge >= 0.3 is 5.97 Å². The van der Waals surface area contributed by atoms with Crippen LogP contribution in [0.5, 0.6) is 0 Å². The maximum atomic E-state index is 10.7. The summed E-state index contributed by atoms with van der Waals surface area (Å²) in [5.74, 6) is 10.2. The van der Waals surface area contributed by atoms with Gasteiger partial charge in [0.05, 0.1) is 5.92 Å². The molecule has 0 spiro atoms. The van der Waals surface area contributed by atoms with E-state index in [1.54, 1.807) is 12.2 Å². The quantitative estimate of drug-likeness (QED) is 0.776. The summed E-state index contributed by atoms with van der Waals surface area (Å²) in [4.78, 5) is 10.7. The summed E-state index contributed by atoms with van der Waals surface area (Å²) >= 11 is 0. The van der Waals surface area contributed by atoms with E-state index >= 15 is 0 Å². The highest BCUT2D eigenvalue weighted by molar-refractivity contribution is 5.73. The molecule has 2 heteroatoms. The molecule has 0 saturated heterocycles. The second-order valence-corrected chi connectivity index (χ2v) is 4.07. The molecule has 1 aliphatic carbocycles. The molecule has 0 fully saturated rings. The second kappa shape index (κ2) is 6.28. The third-order valence-electron chi connectivity index (χ3n) is 2.67. The molecule has 0 saturated carbocycles. The van der Waals surface area contributed by atoms with Crippen LogP contribution in [0.4, 0.5) is 0 Å². The molecule has 2 rings (SSSR count). The third kappa shape index (κ3) is 3.91. The Morgan fingerprint density at radius 1 is 1.16 bits per heavy atom. The topological polar surface area (TPSA) is 37.3 Å². The van der Waals surface area contributed by atoms with Gasteiger partial charge in [-0.3, -0.25) is 4.79 Å². The highest BCUT2D eigenvalue weighted by atomic mass is 16.4. The Kier molecular flexibility index (Phi) is 4.21. The molecule has 0 aromatic heterocycles. The average molecular weight is 248 g/mol. The number of allylic oxidation sites excluding steroid dienone is 3. The number of hydrogen-bond acceptors (Lipinski definition) is 1. The van der Waals surface area contributed by atoms with Gasteiger partial charge in [0.1, 0.15) is 0 Å². The number of benzene rings is 1. The first-order valence-corrected chi connectivity index (χ1v) is 5.94. The van der Waals surface area contributed by atoms with E-state index in [1.165, 1.54) is 0 Å². The van der Waals surface area contributed by atoms with E-state index in [2.05, 4.69) is 23.7 Å². The standard InChI is InChI=1S/C17H12O2/c18-17(19)16-12-10-15(11-13-16)9-5-4-8-14-6-2-1-3-7-14/h1-3,6-7,10-12,16H,13H2,(H,18,19). The van der Waals surface area contributed by atoms with Gasteiger partial charge in [0, 0.05) is 11.1 Å². The molecule has 0 bridgehead atoms. The Balaban J connectivity index is 1.98. The van der Waals surface area contributed by atoms with Gasteiger partial charge in [0.25, 0.3) is 0 Å². The van der Waals surface area contributed by atoms with Gasteiger partial charge in [-0.15, -0.1) is 0 Å². The van der Waals surface area contributed by atoms with Gasteiger partial charge in [0.15, 0.2) is 0 Å². The minimum absolute atomic E-state index is 0.430. The van der Waals surface area contributed by atoms with Gasteiger partial charge in [-0.05, 0) is 36.5 Å². The fraction of sp³-hybridized carbons (Fsp3) is 0.118. The van der Waals surface area contributed by atoms with Crippen LogP contribution in [-0.2, 0) is 4.79 Å². The lowest BCUT2D eigenvalue weighted by atomic mass is 9.97. The number of rotatable bonds is 1. The molecule has 1 aliphatic rings. The molecule has 0 amide bonds. The van der Waals surface area contributed by atoms with Gasteiger partial charge < -0.3 is 5.11 Å². The number of carboxylic acid groups (broad SMARTS) is 1. The van der Waals surface area contributed by atoms with Gasteiger partial charge in [0.2, 0.25) is 0 Å². The van der Waals surface area contributed by atoms with Crippen molar-refractivity contribution < 1.29 is 9.90 Å². The van der Waals surface area contributed by atoms with Crippen LogP contribution in [-0.4, -0.2) is 11.1 Å². The van der Waals surface area contributed by atoms with Crippen molar-refractivity contribution in [1.29, 1.82) is 0 Å². The van der Waals surface area contributed by atoms with Crippen molar-refractivity contribution in [2.45, 2.75) is 6.42 Å². The molecule has 1 atom stereocenters. The van der Waals surface area contributed by atoms with E-state index < -0.39 is 11.9 Å². The lowest BCUT2D eigenvalue weighted by molar-refractivity contribution is -0.139. The Labute approximate surface area is 112 Å². The van der Waals surface area contributed by atoms with Crippen molar-refractivity contribution >= 4 is 5.97 Å². The minimum atomic E-state index is -0.802. The fourth-order valence-electron chi connectivity index (χ4n) is 1.62. The zero-order chi connectivity index (χ0) is 13.5. The molecule has 0 heterocycles. The molecule has 2 nitrogen and oxygen atoms in total. The van der Waals surface area contributed by atoms with E-state index in [9.17, 15) is 4.79 Å². The van der Waals surface area contributed by atoms with Gasteiger partial charge in [-0.25, -0.2) is 0 Å². The van der Waals surface area contributed by atoms with Crippen LogP contribution < -0.4 is 0 Å². The summed E-state index contributed by atoms with van der Waals surface area (Å²) in [6, 6.07) is 9.64. The van der Waals surface area contributed by atoms with Crippen molar-refractivity contribution in [3.63, 3.8) is 0 Å². The zero-order valence-corrected chi connectivity index (χ0v) is 10.3. The van der Waals surface area contributed by atoms with Crippen LogP contribution in [0.2, 0.25) is 0 Å². The maximum Gasteiger partial charge on any atom is 0.310 e. The van der Waals surface area contributed by atoms with Crippen molar-refractivity contribution in [3.05, 3.63) is 59.7 Å². The molecule has 92 valence electrons. The first-order valence-electron chi connectivity index (χ1n) is 5.94. The highest BCUT2D eigenvalue weighted by Gasteiger charge is 2.14. The summed E-state index contributed by atoms with van der Waals surface area (Å²) in [6.07, 6.45) is 5.72. The van der Waals surface area contributed by atoms with Crippen molar-refractivity contribution in [2.75, 3.05) is 0 Å². The zero-order valence-electron chi connectivity index (χ0n) is 10.3. The number of carbonyl (C=O) groups is 1. The predicted octanol–water partition coefficient (Wildman–Crippen LogP) is 2.63. The van der Waals surface area contributed by atoms with E-state index in [0.717, 1.165) is 11.1 Å². The summed E-state index contributed by atoms with van der Waals surface area (Å²) in [6.45, 7) is 0. The smallest absolute Gasteiger partial charge is 0.310 e. The Hall–Kier alpha value is -2.71. The largest absolute Gasteiger partial charge is 0.481 e. The van der Waals surface area contributed by atoms with Crippen molar-refractivity contribution in [3.8, 4) is 23.7 Å². The predicted molar refractivity (Wildman–Crippen MR) is 74.1 cm³/mol. The summed E-state index contributed by atoms with van der Waals surface area (Å²) in [5, 5.41) is 8.83. The van der Waals surface area contributed by atoms with Crippen LogP contribution in [0.15, 0.2) is 54.1 Å². The van der Waals surface area contributed by atoms with Crippen LogP contribution in [0.25, 0.3) is 0 Å². The Bertz CT molecular complexity index is 643. The minimum Gasteiger partial charge on any atom is -0.481 e. The Morgan fingerprint density at radius 3 is 2.53 bits per heavy atom. The first kappa shape index (κ1) is 12.7. The lowest BCUT2D eigenvalue weighted by Gasteiger charge is -2.08. The first-order chi connectivity index (χ1) is 9.25. The van der Waals surface area contributed by atoms with E-state index in [4.69, 9.17) is 5.11 Å².